The number of halogens is 3. The smallest absolute Gasteiger partial charge is 0.311 e. The van der Waals surface area contributed by atoms with Gasteiger partial charge in [-0.05, 0) is 263 Å². The number of aryl methyl sites for hydroxylation is 12. The second-order valence-corrected chi connectivity index (χ2v) is 35.2. The van der Waals surface area contributed by atoms with Crippen LogP contribution in [0.5, 0.6) is 0 Å². The first-order chi connectivity index (χ1) is 51.7. The number of anilines is 18. The summed E-state index contributed by atoms with van der Waals surface area (Å²) in [5, 5.41) is 0. The van der Waals surface area contributed by atoms with Crippen LogP contribution in [-0.4, -0.2) is 9.90 Å². The van der Waals surface area contributed by atoms with E-state index in [0.29, 0.717) is 0 Å². The quantitative estimate of drug-likeness (QED) is 0.100. The number of rotatable bonds is 14. The molecule has 0 saturated heterocycles. The van der Waals surface area contributed by atoms with Crippen LogP contribution in [0.3, 0.4) is 0 Å². The number of fused-ring (bicyclic) bond motifs is 4. The average molecular weight is 1590 g/mol. The van der Waals surface area contributed by atoms with Gasteiger partial charge in [0.25, 0.3) is 6.71 Å². The summed E-state index contributed by atoms with van der Waals surface area (Å²) in [5.41, 5.74) is 39.2. The van der Waals surface area contributed by atoms with E-state index < -0.39 is 0 Å². The molecule has 0 unspecified atom stereocenters. The van der Waals surface area contributed by atoms with E-state index in [4.69, 9.17) is 0 Å². The van der Waals surface area contributed by atoms with E-state index in [1.54, 1.807) is 0 Å². The number of hydrogen-bond donors (Lipinski definition) is 0. The molecule has 2 aliphatic heterocycles. The van der Waals surface area contributed by atoms with Gasteiger partial charge in [-0.25, -0.2) is 0 Å². The van der Waals surface area contributed by atoms with Crippen LogP contribution in [0, 0.1) is 83.1 Å². The molecule has 14 aromatic carbocycles. The van der Waals surface area contributed by atoms with E-state index in [0.717, 1.165) is 79.6 Å². The maximum Gasteiger partial charge on any atom is 0.369 e. The van der Waals surface area contributed by atoms with E-state index in [-0.39, 0.29) is 9.90 Å². The third kappa shape index (κ3) is 16.1. The monoisotopic (exact) mass is 1580 g/mol. The zero-order valence-corrected chi connectivity index (χ0v) is 67.7. The molecule has 0 amide bonds. The maximum atomic E-state index is 3.10. The van der Waals surface area contributed by atoms with Crippen LogP contribution >= 0.6 is 47.3 Å². The van der Waals surface area contributed by atoms with Gasteiger partial charge in [0.1, 0.15) is 0 Å². The molecule has 2 heterocycles. The molecule has 0 atom stereocenters. The lowest BCUT2D eigenvalue weighted by Crippen LogP contribution is -2.61. The van der Waals surface area contributed by atoms with Crippen LogP contribution in [0.2, 0.25) is 0 Å². The lowest BCUT2D eigenvalue weighted by Gasteiger charge is -2.45. The molecule has 0 fully saturated rings. The fraction of sp³-hybridized carbons (Fsp3) is 0.125. The Bertz CT molecular complexity index is 4860. The minimum atomic E-state index is 0.0689. The van der Waals surface area contributed by atoms with Crippen molar-refractivity contribution in [2.45, 2.75) is 83.1 Å². The number of hydrogen-bond acceptors (Lipinski definition) is 6. The van der Waals surface area contributed by atoms with Crippen LogP contribution in [0.15, 0.2) is 309 Å². The Morgan fingerprint density at radius 1 is 0.206 bits per heavy atom. The predicted octanol–water partition coefficient (Wildman–Crippen LogP) is 27.2. The topological polar surface area (TPSA) is 19.4 Å². The molecule has 2 aliphatic rings. The summed E-state index contributed by atoms with van der Waals surface area (Å²) in [7, 11) is 0. The molecule has 16 rings (SSSR count). The van der Waals surface area contributed by atoms with E-state index in [2.05, 4.69) is 469 Å². The van der Waals surface area contributed by atoms with Gasteiger partial charge in [-0.2, -0.15) is 0 Å². The van der Waals surface area contributed by atoms with Gasteiger partial charge in [-0.1, -0.05) is 212 Å². The number of nitrogens with zero attached hydrogens (tertiary/aromatic N) is 6. The van der Waals surface area contributed by atoms with Crippen molar-refractivity contribution >= 4 is 176 Å². The Kier molecular flexibility index (Phi) is 21.8. The molecular formula is C96H87B2Br3N6. The van der Waals surface area contributed by atoms with Gasteiger partial charge in [0.2, 0.25) is 0 Å². The molecule has 0 aliphatic carbocycles. The Morgan fingerprint density at radius 3 is 0.589 bits per heavy atom. The molecule has 11 heteroatoms. The van der Waals surface area contributed by atoms with Crippen molar-refractivity contribution < 1.29 is 0 Å². The third-order valence-electron chi connectivity index (χ3n) is 20.2. The van der Waals surface area contributed by atoms with Crippen LogP contribution in [0.25, 0.3) is 0 Å². The fourth-order valence-electron chi connectivity index (χ4n) is 14.6. The highest BCUT2D eigenvalue weighted by atomic mass is 79.9. The fourth-order valence-corrected chi connectivity index (χ4v) is 14.6. The van der Waals surface area contributed by atoms with Crippen molar-refractivity contribution in [3.63, 3.8) is 0 Å². The van der Waals surface area contributed by atoms with Crippen LogP contribution < -0.4 is 45.8 Å². The summed E-state index contributed by atoms with van der Waals surface area (Å²) in [6.07, 6.45) is 0. The Balaban J connectivity index is 0.000000171. The predicted molar refractivity (Wildman–Crippen MR) is 475 cm³/mol. The Labute approximate surface area is 659 Å². The molecule has 6 nitrogen and oxygen atoms in total. The summed E-state index contributed by atoms with van der Waals surface area (Å²) in [6.45, 7) is 26.0. The second kappa shape index (κ2) is 31.9. The van der Waals surface area contributed by atoms with E-state index in [9.17, 15) is 0 Å². The Morgan fingerprint density at radius 2 is 0.383 bits per heavy atom. The lowest BCUT2D eigenvalue weighted by molar-refractivity contribution is 1.21. The highest BCUT2D eigenvalue weighted by molar-refractivity contribution is 9.69. The first-order valence-electron chi connectivity index (χ1n) is 36.6. The normalized spacial score (nSPS) is 11.6. The van der Waals surface area contributed by atoms with Gasteiger partial charge in [-0.15, -0.1) is 47.3 Å². The van der Waals surface area contributed by atoms with Crippen LogP contribution in [-0.2, 0) is 0 Å². The molecule has 0 N–H and O–H groups in total. The van der Waals surface area contributed by atoms with E-state index >= 15 is 0 Å². The maximum absolute atomic E-state index is 3.10. The number of benzene rings is 14. The molecule has 0 aromatic heterocycles. The first kappa shape index (κ1) is 73.4. The molecule has 0 saturated carbocycles. The van der Waals surface area contributed by atoms with Gasteiger partial charge in [-0.3, -0.25) is 0 Å². The van der Waals surface area contributed by atoms with Crippen molar-refractivity contribution in [3.05, 3.63) is 376 Å². The van der Waals surface area contributed by atoms with Gasteiger partial charge in [0.15, 0.2) is 0 Å². The molecule has 0 radical (unpaired) electrons. The van der Waals surface area contributed by atoms with Crippen molar-refractivity contribution in [2.75, 3.05) is 29.4 Å². The van der Waals surface area contributed by atoms with Crippen molar-refractivity contribution in [3.8, 4) is 0 Å². The summed E-state index contributed by atoms with van der Waals surface area (Å²) in [6, 6.07) is 115. The van der Waals surface area contributed by atoms with Gasteiger partial charge < -0.3 is 29.4 Å². The summed E-state index contributed by atoms with van der Waals surface area (Å²) < 4.78 is 0.271. The zero-order valence-electron chi connectivity index (χ0n) is 62.9. The second-order valence-electron chi connectivity index (χ2n) is 28.8. The van der Waals surface area contributed by atoms with Gasteiger partial charge in [0.05, 0.1) is 22.7 Å². The van der Waals surface area contributed by atoms with E-state index in [1.807, 2.05) is 0 Å². The minimum absolute atomic E-state index is 0.0689. The summed E-state index contributed by atoms with van der Waals surface area (Å²) >= 11 is 9.31. The highest BCUT2D eigenvalue weighted by Gasteiger charge is 2.44. The van der Waals surface area contributed by atoms with Crippen molar-refractivity contribution in [1.82, 2.24) is 0 Å². The van der Waals surface area contributed by atoms with E-state index in [1.165, 1.54) is 106 Å². The summed E-state index contributed by atoms with van der Waals surface area (Å²) in [5.74, 6) is 0. The average Bonchev–Trinajstić information content (AvgIpc) is 0.695. The molecule has 107 heavy (non-hydrogen) atoms. The molecule has 0 spiro atoms. The third-order valence-corrected chi connectivity index (χ3v) is 20.2. The first-order valence-corrected chi connectivity index (χ1v) is 39.4. The molecule has 528 valence electrons. The van der Waals surface area contributed by atoms with Crippen LogP contribution in [0.1, 0.15) is 66.8 Å². The highest BCUT2D eigenvalue weighted by Crippen LogP contribution is 2.50. The minimum Gasteiger partial charge on any atom is -0.311 e. The summed E-state index contributed by atoms with van der Waals surface area (Å²) in [4.78, 5) is 14.5. The van der Waals surface area contributed by atoms with Gasteiger partial charge >= 0.3 is 3.18 Å². The molecule has 0 bridgehead atoms. The zero-order chi connectivity index (χ0) is 74.7. The van der Waals surface area contributed by atoms with Gasteiger partial charge in [0, 0.05) is 79.6 Å². The molecule has 14 aromatic rings. The molecular weight excluding hydrogens is 1500 g/mol. The van der Waals surface area contributed by atoms with Crippen molar-refractivity contribution in [2.24, 2.45) is 0 Å². The van der Waals surface area contributed by atoms with Crippen LogP contribution in [0.4, 0.5) is 102 Å². The SMILES string of the molecule is BrB(Br)Br.Cc1ccc(N(c2ccc(C)cc2)c2cc(N(c3ccc(C)cc3)c3ccc(C)cc3)cc(N(c3ccc(C)cc3)c3ccc(C)cc3)c2)cc1.Cc1ccc(N(c2ccc(C)cc2)c2cc3c4c(c2)N(c2ccc(C)cc2)c2ccc(C)cc2B4c2cc(C)ccc2N3c2ccc(C)cc2)cc1. The lowest BCUT2D eigenvalue weighted by atomic mass is 9.33. The van der Waals surface area contributed by atoms with Crippen molar-refractivity contribution in [1.29, 1.82) is 0 Å². The standard InChI is InChI=1S/C48H42BN3.C48H45N3.BBr3/c1-31-7-17-37(18-8-31)50(38-19-9-32(2)10-20-38)41-29-46-48-47(30-41)52(40-23-13-34(4)14-24-40)45-26-16-36(6)28-43(45)49(48)42-27-35(5)15-25-44(42)51(46)39-21-11-33(3)12-22-39;1-34-7-19-40(20-8-34)49(41-21-9-35(2)10-22-41)46-31-47(50(42-23-11-36(3)12-24-42)43-25-13-37(4)14-26-43)33-48(32-46)51(44-27-15-38(5)16-28-44)45-29-17-39(6)18-30-45;2-1(3)4/h7-30H,1-6H3;7-33H,1-6H3;. The Hall–Kier alpha value is -10.6. The largest absolute Gasteiger partial charge is 0.369 e.